The number of carbonyl (C=O) groups is 2. The molecule has 1 aromatic rings. The molecule has 1 amide bonds. The molecular weight excluding hydrogens is 337 g/mol. The Morgan fingerprint density at radius 1 is 1.28 bits per heavy atom. The maximum Gasteiger partial charge on any atom is 0.393 e. The van der Waals surface area contributed by atoms with Crippen molar-refractivity contribution in [2.75, 3.05) is 20.1 Å². The van der Waals surface area contributed by atoms with Gasteiger partial charge in [-0.2, -0.15) is 13.2 Å². The first-order valence-corrected chi connectivity index (χ1v) is 7.93. The Hall–Kier alpha value is -2.09. The number of amides is 1. The molecule has 138 valence electrons. The first-order valence-electron chi connectivity index (χ1n) is 7.93. The standard InChI is InChI=1S/C17H21F3N2O3/c1-11(15(23)21(2)8-12-6-4-3-5-7-12)22-9-13(16(24)25)14(10-22)17(18,19)20/h3-7,11,13-14H,8-10H2,1-2H3,(H,24,25)/t11?,13-,14-/m1/s1. The van der Waals surface area contributed by atoms with Gasteiger partial charge in [0.15, 0.2) is 0 Å². The summed E-state index contributed by atoms with van der Waals surface area (Å²) in [5.41, 5.74) is 0.906. The zero-order valence-electron chi connectivity index (χ0n) is 14.0. The second-order valence-electron chi connectivity index (χ2n) is 6.40. The quantitative estimate of drug-likeness (QED) is 0.877. The molecule has 25 heavy (non-hydrogen) atoms. The highest BCUT2D eigenvalue weighted by atomic mass is 19.4. The normalized spacial score (nSPS) is 22.6. The van der Waals surface area contributed by atoms with Crippen LogP contribution in [0, 0.1) is 11.8 Å². The second-order valence-corrected chi connectivity index (χ2v) is 6.40. The first-order chi connectivity index (χ1) is 11.6. The molecule has 1 aliphatic rings. The van der Waals surface area contributed by atoms with Crippen molar-refractivity contribution in [2.24, 2.45) is 11.8 Å². The van der Waals surface area contributed by atoms with Crippen molar-refractivity contribution in [3.8, 4) is 0 Å². The molecule has 1 unspecified atom stereocenters. The monoisotopic (exact) mass is 358 g/mol. The van der Waals surface area contributed by atoms with Gasteiger partial charge in [-0.25, -0.2) is 0 Å². The number of alkyl halides is 3. The summed E-state index contributed by atoms with van der Waals surface area (Å²) in [7, 11) is 1.58. The van der Waals surface area contributed by atoms with Gasteiger partial charge in [0.1, 0.15) is 0 Å². The van der Waals surface area contributed by atoms with E-state index in [4.69, 9.17) is 5.11 Å². The van der Waals surface area contributed by atoms with E-state index in [0.29, 0.717) is 6.54 Å². The van der Waals surface area contributed by atoms with Crippen molar-refractivity contribution in [2.45, 2.75) is 25.7 Å². The highest BCUT2D eigenvalue weighted by Gasteiger charge is 2.53. The minimum absolute atomic E-state index is 0.286. The number of hydrogen-bond acceptors (Lipinski definition) is 3. The molecule has 3 atom stereocenters. The predicted molar refractivity (Wildman–Crippen MR) is 84.6 cm³/mol. The van der Waals surface area contributed by atoms with Crippen LogP contribution in [-0.4, -0.2) is 59.1 Å². The van der Waals surface area contributed by atoms with E-state index in [1.165, 1.54) is 16.7 Å². The van der Waals surface area contributed by atoms with Crippen molar-refractivity contribution in [1.29, 1.82) is 0 Å². The van der Waals surface area contributed by atoms with E-state index in [9.17, 15) is 22.8 Å². The zero-order valence-corrected chi connectivity index (χ0v) is 14.0. The molecule has 8 heteroatoms. The van der Waals surface area contributed by atoms with Crippen molar-refractivity contribution < 1.29 is 27.9 Å². The van der Waals surface area contributed by atoms with Gasteiger partial charge in [0.25, 0.3) is 0 Å². The molecule has 2 rings (SSSR count). The van der Waals surface area contributed by atoms with Crippen molar-refractivity contribution >= 4 is 11.9 Å². The predicted octanol–water partition coefficient (Wildman–Crippen LogP) is 2.23. The van der Waals surface area contributed by atoms with Crippen LogP contribution in [-0.2, 0) is 16.1 Å². The van der Waals surface area contributed by atoms with Gasteiger partial charge in [-0.05, 0) is 12.5 Å². The number of likely N-dealkylation sites (tertiary alicyclic amines) is 1. The minimum atomic E-state index is -4.60. The summed E-state index contributed by atoms with van der Waals surface area (Å²) in [6.45, 7) is 1.09. The van der Waals surface area contributed by atoms with Crippen LogP contribution in [0.3, 0.4) is 0 Å². The topological polar surface area (TPSA) is 60.9 Å². The molecule has 1 heterocycles. The number of halogens is 3. The lowest BCUT2D eigenvalue weighted by molar-refractivity contribution is -0.188. The Bertz CT molecular complexity index is 621. The number of benzene rings is 1. The number of likely N-dealkylation sites (N-methyl/N-ethyl adjacent to an activating group) is 1. The van der Waals surface area contributed by atoms with Crippen molar-refractivity contribution in [1.82, 2.24) is 9.80 Å². The van der Waals surface area contributed by atoms with E-state index in [-0.39, 0.29) is 12.5 Å². The van der Waals surface area contributed by atoms with Gasteiger partial charge < -0.3 is 10.0 Å². The van der Waals surface area contributed by atoms with Crippen LogP contribution in [0.2, 0.25) is 0 Å². The molecule has 0 spiro atoms. The van der Waals surface area contributed by atoms with E-state index < -0.39 is 36.6 Å². The highest BCUT2D eigenvalue weighted by Crippen LogP contribution is 2.38. The average molecular weight is 358 g/mol. The zero-order chi connectivity index (χ0) is 18.8. The number of nitrogens with zero attached hydrogens (tertiary/aromatic N) is 2. The lowest BCUT2D eigenvalue weighted by atomic mass is 9.96. The number of hydrogen-bond donors (Lipinski definition) is 1. The molecule has 0 bridgehead atoms. The number of rotatable bonds is 5. The summed E-state index contributed by atoms with van der Waals surface area (Å²) >= 11 is 0. The van der Waals surface area contributed by atoms with Gasteiger partial charge in [0.2, 0.25) is 5.91 Å². The Morgan fingerprint density at radius 3 is 2.36 bits per heavy atom. The molecule has 1 fully saturated rings. The molecule has 0 radical (unpaired) electrons. The summed E-state index contributed by atoms with van der Waals surface area (Å²) < 4.78 is 39.2. The van der Waals surface area contributed by atoms with Gasteiger partial charge >= 0.3 is 12.1 Å². The van der Waals surface area contributed by atoms with E-state index in [1.807, 2.05) is 30.3 Å². The summed E-state index contributed by atoms with van der Waals surface area (Å²) in [6, 6.07) is 8.41. The number of carboxylic acids is 1. The van der Waals surface area contributed by atoms with Crippen LogP contribution in [0.4, 0.5) is 13.2 Å². The number of carboxylic acid groups (broad SMARTS) is 1. The summed E-state index contributed by atoms with van der Waals surface area (Å²) in [5, 5.41) is 9.07. The third-order valence-electron chi connectivity index (χ3n) is 4.63. The second kappa shape index (κ2) is 7.43. The average Bonchev–Trinajstić information content (AvgIpc) is 3.00. The summed E-state index contributed by atoms with van der Waals surface area (Å²) in [5.74, 6) is -5.33. The largest absolute Gasteiger partial charge is 0.481 e. The van der Waals surface area contributed by atoms with Crippen LogP contribution >= 0.6 is 0 Å². The van der Waals surface area contributed by atoms with Crippen LogP contribution in [0.25, 0.3) is 0 Å². The first kappa shape index (κ1) is 19.2. The lowest BCUT2D eigenvalue weighted by Gasteiger charge is -2.28. The highest BCUT2D eigenvalue weighted by molar-refractivity contribution is 5.81. The van der Waals surface area contributed by atoms with Crippen molar-refractivity contribution in [3.05, 3.63) is 35.9 Å². The fraction of sp³-hybridized carbons (Fsp3) is 0.529. The van der Waals surface area contributed by atoms with E-state index >= 15 is 0 Å². The van der Waals surface area contributed by atoms with E-state index in [2.05, 4.69) is 0 Å². The molecule has 5 nitrogen and oxygen atoms in total. The van der Waals surface area contributed by atoms with Gasteiger partial charge in [-0.3, -0.25) is 14.5 Å². The van der Waals surface area contributed by atoms with E-state index in [1.54, 1.807) is 7.05 Å². The van der Waals surface area contributed by atoms with E-state index in [0.717, 1.165) is 5.56 Å². The van der Waals surface area contributed by atoms with Gasteiger partial charge in [0, 0.05) is 26.7 Å². The fourth-order valence-electron chi connectivity index (χ4n) is 3.14. The summed E-state index contributed by atoms with van der Waals surface area (Å²) in [4.78, 5) is 26.4. The van der Waals surface area contributed by atoms with Crippen LogP contribution in [0.5, 0.6) is 0 Å². The summed E-state index contributed by atoms with van der Waals surface area (Å²) in [6.07, 6.45) is -4.60. The Balaban J connectivity index is 2.05. The fourth-order valence-corrected chi connectivity index (χ4v) is 3.14. The Kier molecular flexibility index (Phi) is 5.72. The Labute approximate surface area is 144 Å². The molecule has 0 saturated carbocycles. The van der Waals surface area contributed by atoms with Crippen LogP contribution < -0.4 is 0 Å². The van der Waals surface area contributed by atoms with Gasteiger partial charge in [-0.1, -0.05) is 30.3 Å². The molecule has 0 aliphatic carbocycles. The smallest absolute Gasteiger partial charge is 0.393 e. The SMILES string of the molecule is CC(C(=O)N(C)Cc1ccccc1)N1C[C@@H](C(F)(F)F)[C@H](C(=O)O)C1. The minimum Gasteiger partial charge on any atom is -0.481 e. The molecule has 1 aromatic carbocycles. The lowest BCUT2D eigenvalue weighted by Crippen LogP contribution is -2.45. The van der Waals surface area contributed by atoms with Crippen molar-refractivity contribution in [3.63, 3.8) is 0 Å². The molecule has 0 aromatic heterocycles. The number of aliphatic carboxylic acids is 1. The van der Waals surface area contributed by atoms with Gasteiger partial charge in [0.05, 0.1) is 17.9 Å². The molecule has 1 aliphatic heterocycles. The van der Waals surface area contributed by atoms with Gasteiger partial charge in [-0.15, -0.1) is 0 Å². The molecule has 1 saturated heterocycles. The van der Waals surface area contributed by atoms with Crippen LogP contribution in [0.15, 0.2) is 30.3 Å². The maximum absolute atomic E-state index is 13.1. The molecule has 1 N–H and O–H groups in total. The number of carbonyl (C=O) groups excluding carboxylic acids is 1. The Morgan fingerprint density at radius 2 is 1.88 bits per heavy atom. The third-order valence-corrected chi connectivity index (χ3v) is 4.63. The third kappa shape index (κ3) is 4.50. The molecular formula is C17H21F3N2O3. The maximum atomic E-state index is 13.1. The van der Waals surface area contributed by atoms with Crippen LogP contribution in [0.1, 0.15) is 12.5 Å².